The standard InChI is InChI=1S/C16H21N3/c1-12-5-7-14(8-6-12)13(2)18-15-11-17-10-9-16(15)19(3)4/h5-11,13,18H,1-4H3. The van der Waals surface area contributed by atoms with Crippen molar-refractivity contribution in [1.82, 2.24) is 4.98 Å². The van der Waals surface area contributed by atoms with E-state index in [4.69, 9.17) is 0 Å². The van der Waals surface area contributed by atoms with Crippen molar-refractivity contribution in [3.05, 3.63) is 53.9 Å². The van der Waals surface area contributed by atoms with E-state index in [0.29, 0.717) is 0 Å². The highest BCUT2D eigenvalue weighted by Crippen LogP contribution is 2.26. The van der Waals surface area contributed by atoms with Gasteiger partial charge < -0.3 is 10.2 Å². The molecule has 0 aliphatic rings. The van der Waals surface area contributed by atoms with E-state index in [1.807, 2.05) is 32.6 Å². The van der Waals surface area contributed by atoms with Crippen molar-refractivity contribution in [2.24, 2.45) is 0 Å². The van der Waals surface area contributed by atoms with Crippen LogP contribution in [0.4, 0.5) is 11.4 Å². The molecule has 100 valence electrons. The number of benzene rings is 1. The SMILES string of the molecule is Cc1ccc(C(C)Nc2cnccc2N(C)C)cc1. The maximum Gasteiger partial charge on any atom is 0.0768 e. The Morgan fingerprint density at radius 1 is 1.11 bits per heavy atom. The van der Waals surface area contributed by atoms with Gasteiger partial charge in [0.25, 0.3) is 0 Å². The molecule has 0 bridgehead atoms. The normalized spacial score (nSPS) is 12.0. The highest BCUT2D eigenvalue weighted by Gasteiger charge is 2.09. The molecule has 0 saturated carbocycles. The first-order chi connectivity index (χ1) is 9.08. The monoisotopic (exact) mass is 255 g/mol. The Bertz CT molecular complexity index is 532. The summed E-state index contributed by atoms with van der Waals surface area (Å²) < 4.78 is 0. The van der Waals surface area contributed by atoms with Crippen molar-refractivity contribution in [2.45, 2.75) is 19.9 Å². The lowest BCUT2D eigenvalue weighted by atomic mass is 10.1. The fourth-order valence-corrected chi connectivity index (χ4v) is 2.06. The molecule has 2 aromatic rings. The first kappa shape index (κ1) is 13.4. The Balaban J connectivity index is 2.19. The maximum absolute atomic E-state index is 4.20. The van der Waals surface area contributed by atoms with Crippen molar-refractivity contribution in [3.63, 3.8) is 0 Å². The van der Waals surface area contributed by atoms with Crippen LogP contribution in [-0.4, -0.2) is 19.1 Å². The first-order valence-electron chi connectivity index (χ1n) is 6.52. The predicted octanol–water partition coefficient (Wildman–Crippen LogP) is 3.63. The maximum atomic E-state index is 4.20. The van der Waals surface area contributed by atoms with E-state index in [2.05, 4.69) is 53.3 Å². The van der Waals surface area contributed by atoms with Crippen molar-refractivity contribution in [3.8, 4) is 0 Å². The summed E-state index contributed by atoms with van der Waals surface area (Å²) in [7, 11) is 4.08. The fourth-order valence-electron chi connectivity index (χ4n) is 2.06. The predicted molar refractivity (Wildman–Crippen MR) is 81.8 cm³/mol. The smallest absolute Gasteiger partial charge is 0.0768 e. The highest BCUT2D eigenvalue weighted by atomic mass is 15.1. The van der Waals surface area contributed by atoms with Gasteiger partial charge in [-0.2, -0.15) is 0 Å². The third-order valence-electron chi connectivity index (χ3n) is 3.23. The molecule has 0 aliphatic heterocycles. The van der Waals surface area contributed by atoms with Gasteiger partial charge in [0.15, 0.2) is 0 Å². The average Bonchev–Trinajstić information content (AvgIpc) is 2.39. The van der Waals surface area contributed by atoms with Gasteiger partial charge in [-0.3, -0.25) is 4.98 Å². The minimum atomic E-state index is 0.253. The number of anilines is 2. The van der Waals surface area contributed by atoms with Gasteiger partial charge >= 0.3 is 0 Å². The molecule has 3 nitrogen and oxygen atoms in total. The summed E-state index contributed by atoms with van der Waals surface area (Å²) in [5.74, 6) is 0. The summed E-state index contributed by atoms with van der Waals surface area (Å²) in [4.78, 5) is 6.29. The number of rotatable bonds is 4. The van der Waals surface area contributed by atoms with Crippen LogP contribution in [0.2, 0.25) is 0 Å². The molecular weight excluding hydrogens is 234 g/mol. The van der Waals surface area contributed by atoms with Gasteiger partial charge in [-0.25, -0.2) is 0 Å². The lowest BCUT2D eigenvalue weighted by molar-refractivity contribution is 0.880. The van der Waals surface area contributed by atoms with Gasteiger partial charge in [0.05, 0.1) is 17.6 Å². The largest absolute Gasteiger partial charge is 0.376 e. The summed E-state index contributed by atoms with van der Waals surface area (Å²) in [6.45, 7) is 4.27. The van der Waals surface area contributed by atoms with Gasteiger partial charge in [-0.1, -0.05) is 29.8 Å². The lowest BCUT2D eigenvalue weighted by Crippen LogP contribution is -2.14. The molecule has 0 radical (unpaired) electrons. The Hall–Kier alpha value is -2.03. The quantitative estimate of drug-likeness (QED) is 0.904. The van der Waals surface area contributed by atoms with Crippen LogP contribution < -0.4 is 10.2 Å². The van der Waals surface area contributed by atoms with Crippen LogP contribution in [0.1, 0.15) is 24.1 Å². The van der Waals surface area contributed by atoms with Crippen LogP contribution in [0.15, 0.2) is 42.7 Å². The zero-order valence-electron chi connectivity index (χ0n) is 12.0. The molecule has 1 aromatic heterocycles. The van der Waals surface area contributed by atoms with Crippen LogP contribution in [0.3, 0.4) is 0 Å². The van der Waals surface area contributed by atoms with E-state index in [0.717, 1.165) is 11.4 Å². The lowest BCUT2D eigenvalue weighted by Gasteiger charge is -2.21. The molecule has 1 N–H and O–H groups in total. The van der Waals surface area contributed by atoms with E-state index < -0.39 is 0 Å². The molecule has 0 amide bonds. The molecule has 1 heterocycles. The van der Waals surface area contributed by atoms with Crippen molar-refractivity contribution < 1.29 is 0 Å². The Labute approximate surface area is 115 Å². The van der Waals surface area contributed by atoms with E-state index in [1.54, 1.807) is 0 Å². The summed E-state index contributed by atoms with van der Waals surface area (Å²) in [5.41, 5.74) is 4.76. The molecule has 0 aliphatic carbocycles. The number of aromatic nitrogens is 1. The average molecular weight is 255 g/mol. The van der Waals surface area contributed by atoms with Crippen molar-refractivity contribution in [1.29, 1.82) is 0 Å². The Morgan fingerprint density at radius 3 is 2.42 bits per heavy atom. The second kappa shape index (κ2) is 5.74. The van der Waals surface area contributed by atoms with E-state index >= 15 is 0 Å². The molecular formula is C16H21N3. The molecule has 1 aromatic carbocycles. The number of hydrogen-bond acceptors (Lipinski definition) is 3. The van der Waals surface area contributed by atoms with E-state index in [1.165, 1.54) is 11.1 Å². The summed E-state index contributed by atoms with van der Waals surface area (Å²) in [5, 5.41) is 3.52. The van der Waals surface area contributed by atoms with Crippen LogP contribution in [0, 0.1) is 6.92 Å². The van der Waals surface area contributed by atoms with Gasteiger partial charge in [0.1, 0.15) is 0 Å². The van der Waals surface area contributed by atoms with E-state index in [9.17, 15) is 0 Å². The third-order valence-corrected chi connectivity index (χ3v) is 3.23. The van der Waals surface area contributed by atoms with Gasteiger partial charge in [-0.15, -0.1) is 0 Å². The first-order valence-corrected chi connectivity index (χ1v) is 6.52. The minimum Gasteiger partial charge on any atom is -0.376 e. The second-order valence-corrected chi connectivity index (χ2v) is 5.06. The van der Waals surface area contributed by atoms with Crippen molar-refractivity contribution in [2.75, 3.05) is 24.3 Å². The van der Waals surface area contributed by atoms with Gasteiger partial charge in [0, 0.05) is 26.3 Å². The molecule has 0 saturated heterocycles. The zero-order chi connectivity index (χ0) is 13.8. The van der Waals surface area contributed by atoms with Crippen LogP contribution in [0.5, 0.6) is 0 Å². The Kier molecular flexibility index (Phi) is 4.05. The van der Waals surface area contributed by atoms with E-state index in [-0.39, 0.29) is 6.04 Å². The molecule has 3 heteroatoms. The van der Waals surface area contributed by atoms with Crippen LogP contribution in [0.25, 0.3) is 0 Å². The van der Waals surface area contributed by atoms with Crippen LogP contribution >= 0.6 is 0 Å². The number of aryl methyl sites for hydroxylation is 1. The third kappa shape index (κ3) is 3.25. The zero-order valence-corrected chi connectivity index (χ0v) is 12.0. The highest BCUT2D eigenvalue weighted by molar-refractivity contribution is 5.68. The number of nitrogens with zero attached hydrogens (tertiary/aromatic N) is 2. The van der Waals surface area contributed by atoms with Gasteiger partial charge in [-0.05, 0) is 25.5 Å². The number of pyridine rings is 1. The molecule has 1 atom stereocenters. The Morgan fingerprint density at radius 2 is 1.79 bits per heavy atom. The molecule has 2 rings (SSSR count). The van der Waals surface area contributed by atoms with Gasteiger partial charge in [0.2, 0.25) is 0 Å². The summed E-state index contributed by atoms with van der Waals surface area (Å²) in [6, 6.07) is 10.9. The molecule has 0 fully saturated rings. The number of nitrogens with one attached hydrogen (secondary N) is 1. The summed E-state index contributed by atoms with van der Waals surface area (Å²) >= 11 is 0. The molecule has 19 heavy (non-hydrogen) atoms. The van der Waals surface area contributed by atoms with Crippen molar-refractivity contribution >= 4 is 11.4 Å². The molecule has 0 spiro atoms. The molecule has 1 unspecified atom stereocenters. The topological polar surface area (TPSA) is 28.2 Å². The fraction of sp³-hybridized carbons (Fsp3) is 0.312. The minimum absolute atomic E-state index is 0.253. The van der Waals surface area contributed by atoms with Crippen LogP contribution in [-0.2, 0) is 0 Å². The summed E-state index contributed by atoms with van der Waals surface area (Å²) in [6.07, 6.45) is 3.69. The second-order valence-electron chi connectivity index (χ2n) is 5.06. The number of hydrogen-bond donors (Lipinski definition) is 1.